The summed E-state index contributed by atoms with van der Waals surface area (Å²) in [5.74, 6) is 0.644. The van der Waals surface area contributed by atoms with Gasteiger partial charge in [0.15, 0.2) is 5.82 Å². The molecule has 0 saturated carbocycles. The Morgan fingerprint density at radius 1 is 1.35 bits per heavy atom. The lowest BCUT2D eigenvalue weighted by Gasteiger charge is -2.36. The first-order chi connectivity index (χ1) is 12.6. The second-order valence-electron chi connectivity index (χ2n) is 7.00. The number of hydrogen-bond acceptors (Lipinski definition) is 5. The normalized spacial score (nSPS) is 21.9. The van der Waals surface area contributed by atoms with Gasteiger partial charge in [-0.25, -0.2) is 9.18 Å². The van der Waals surface area contributed by atoms with Crippen LogP contribution in [0.3, 0.4) is 0 Å². The molecule has 2 aliphatic heterocycles. The smallest absolute Gasteiger partial charge is 0.321 e. The van der Waals surface area contributed by atoms with Crippen molar-refractivity contribution in [3.63, 3.8) is 0 Å². The van der Waals surface area contributed by atoms with E-state index in [1.165, 1.54) is 6.07 Å². The fourth-order valence-electron chi connectivity index (χ4n) is 3.96. The number of ether oxygens (including phenoxy) is 1. The molecule has 4 rings (SSSR count). The molecule has 3 heterocycles. The number of aryl methyl sites for hydroxylation is 1. The number of hydrogen-bond donors (Lipinski definition) is 1. The minimum absolute atomic E-state index is 0.0426. The number of benzene rings is 1. The zero-order chi connectivity index (χ0) is 18.1. The molecule has 1 spiro atoms. The van der Waals surface area contributed by atoms with E-state index in [0.717, 1.165) is 12.8 Å². The van der Waals surface area contributed by atoms with Gasteiger partial charge in [-0.15, -0.1) is 0 Å². The molecule has 2 aromatic rings. The first kappa shape index (κ1) is 17.0. The van der Waals surface area contributed by atoms with E-state index in [9.17, 15) is 9.18 Å². The van der Waals surface area contributed by atoms with E-state index in [2.05, 4.69) is 15.5 Å². The van der Waals surface area contributed by atoms with Gasteiger partial charge in [-0.05, 0) is 31.9 Å². The van der Waals surface area contributed by atoms with E-state index in [4.69, 9.17) is 9.26 Å². The van der Waals surface area contributed by atoms with E-state index in [0.29, 0.717) is 38.0 Å². The maximum absolute atomic E-state index is 13.8. The predicted octanol–water partition coefficient (Wildman–Crippen LogP) is 2.95. The van der Waals surface area contributed by atoms with Gasteiger partial charge in [0.2, 0.25) is 5.89 Å². The summed E-state index contributed by atoms with van der Waals surface area (Å²) >= 11 is 0. The molecule has 1 aromatic carbocycles. The average Bonchev–Trinajstić information content (AvgIpc) is 3.22. The largest absolute Gasteiger partial charge is 0.381 e. The van der Waals surface area contributed by atoms with Gasteiger partial charge in [-0.2, -0.15) is 4.98 Å². The monoisotopic (exact) mass is 360 g/mol. The Balaban J connectivity index is 1.56. The maximum atomic E-state index is 13.8. The Hall–Kier alpha value is -2.48. The molecule has 2 fully saturated rings. The van der Waals surface area contributed by atoms with Gasteiger partial charge in [0.05, 0.1) is 11.6 Å². The second kappa shape index (κ2) is 6.68. The molecule has 2 aliphatic rings. The lowest BCUT2D eigenvalue weighted by molar-refractivity contribution is 0.00959. The topological polar surface area (TPSA) is 80.5 Å². The Morgan fingerprint density at radius 2 is 2.12 bits per heavy atom. The van der Waals surface area contributed by atoms with Crippen LogP contribution < -0.4 is 5.32 Å². The Morgan fingerprint density at radius 3 is 2.81 bits per heavy atom. The molecule has 1 atom stereocenters. The van der Waals surface area contributed by atoms with Crippen LogP contribution in [0.5, 0.6) is 0 Å². The lowest BCUT2D eigenvalue weighted by Crippen LogP contribution is -2.38. The summed E-state index contributed by atoms with van der Waals surface area (Å²) in [5.41, 5.74) is 0.0275. The highest BCUT2D eigenvalue weighted by atomic mass is 19.1. The van der Waals surface area contributed by atoms with Crippen molar-refractivity contribution in [1.82, 2.24) is 15.0 Å². The van der Waals surface area contributed by atoms with Gasteiger partial charge in [-0.3, -0.25) is 0 Å². The maximum Gasteiger partial charge on any atom is 0.321 e. The van der Waals surface area contributed by atoms with Crippen molar-refractivity contribution < 1.29 is 18.4 Å². The van der Waals surface area contributed by atoms with Crippen molar-refractivity contribution in [3.05, 3.63) is 41.8 Å². The lowest BCUT2D eigenvalue weighted by atomic mass is 9.72. The van der Waals surface area contributed by atoms with Crippen LogP contribution in [0.2, 0.25) is 0 Å². The van der Waals surface area contributed by atoms with Gasteiger partial charge in [-0.1, -0.05) is 17.3 Å². The number of likely N-dealkylation sites (tertiary alicyclic amines) is 1. The van der Waals surface area contributed by atoms with Crippen molar-refractivity contribution in [1.29, 1.82) is 0 Å². The highest BCUT2D eigenvalue weighted by molar-refractivity contribution is 5.89. The Labute approximate surface area is 150 Å². The third-order valence-electron chi connectivity index (χ3n) is 5.38. The summed E-state index contributed by atoms with van der Waals surface area (Å²) in [6.45, 7) is 4.09. The predicted molar refractivity (Wildman–Crippen MR) is 91.3 cm³/mol. The molecule has 0 aliphatic carbocycles. The van der Waals surface area contributed by atoms with Gasteiger partial charge >= 0.3 is 6.03 Å². The standard InChI is InChI=1S/C18H21FN4O3/c1-12-20-16(26-22-12)13-10-23(11-18(13)6-8-25-9-7-18)17(24)21-15-5-3-2-4-14(15)19/h2-5,13H,6-11H2,1H3,(H,21,24)/t13-/m1/s1. The molecular weight excluding hydrogens is 339 g/mol. The first-order valence-electron chi connectivity index (χ1n) is 8.76. The number of rotatable bonds is 2. The molecule has 0 radical (unpaired) electrons. The number of carbonyl (C=O) groups excluding carboxylic acids is 1. The number of nitrogens with zero attached hydrogens (tertiary/aromatic N) is 3. The van der Waals surface area contributed by atoms with Crippen LogP contribution in [0.15, 0.2) is 28.8 Å². The number of aromatic nitrogens is 2. The minimum atomic E-state index is -0.454. The van der Waals surface area contributed by atoms with Crippen LogP contribution >= 0.6 is 0 Å². The van der Waals surface area contributed by atoms with E-state index in [1.54, 1.807) is 30.0 Å². The van der Waals surface area contributed by atoms with Gasteiger partial charge in [0.1, 0.15) is 5.82 Å². The Kier molecular flexibility index (Phi) is 4.36. The van der Waals surface area contributed by atoms with Gasteiger partial charge in [0, 0.05) is 31.7 Å². The molecule has 1 N–H and O–H groups in total. The number of nitrogens with one attached hydrogen (secondary N) is 1. The fraction of sp³-hybridized carbons (Fsp3) is 0.500. The van der Waals surface area contributed by atoms with Crippen LogP contribution in [0.4, 0.5) is 14.9 Å². The Bertz CT molecular complexity index is 803. The molecule has 0 bridgehead atoms. The number of urea groups is 1. The quantitative estimate of drug-likeness (QED) is 0.891. The van der Waals surface area contributed by atoms with Crippen molar-refractivity contribution in [2.24, 2.45) is 5.41 Å². The number of anilines is 1. The summed E-state index contributed by atoms with van der Waals surface area (Å²) in [6, 6.07) is 5.83. The molecular formula is C18H21FN4O3. The summed E-state index contributed by atoms with van der Waals surface area (Å²) in [6.07, 6.45) is 1.64. The van der Waals surface area contributed by atoms with Crippen molar-refractivity contribution in [2.45, 2.75) is 25.7 Å². The molecule has 8 heteroatoms. The molecule has 138 valence electrons. The highest BCUT2D eigenvalue weighted by Crippen LogP contribution is 2.49. The summed E-state index contributed by atoms with van der Waals surface area (Å²) < 4.78 is 24.8. The molecule has 26 heavy (non-hydrogen) atoms. The summed E-state index contributed by atoms with van der Waals surface area (Å²) in [4.78, 5) is 18.8. The molecule has 2 saturated heterocycles. The van der Waals surface area contributed by atoms with Crippen molar-refractivity contribution in [3.8, 4) is 0 Å². The summed E-state index contributed by atoms with van der Waals surface area (Å²) in [7, 11) is 0. The SMILES string of the molecule is Cc1noc([C@H]2CN(C(=O)Nc3ccccc3F)CC23CCOCC3)n1. The summed E-state index contributed by atoms with van der Waals surface area (Å²) in [5, 5.41) is 6.57. The molecule has 2 amide bonds. The van der Waals surface area contributed by atoms with Crippen LogP contribution in [-0.4, -0.2) is 47.4 Å². The molecule has 0 unspecified atom stereocenters. The van der Waals surface area contributed by atoms with Crippen molar-refractivity contribution in [2.75, 3.05) is 31.6 Å². The number of amides is 2. The van der Waals surface area contributed by atoms with Gasteiger partial charge < -0.3 is 19.5 Å². The average molecular weight is 360 g/mol. The van der Waals surface area contributed by atoms with E-state index < -0.39 is 5.82 Å². The number of para-hydroxylation sites is 1. The van der Waals surface area contributed by atoms with Crippen molar-refractivity contribution >= 4 is 11.7 Å². The molecule has 1 aromatic heterocycles. The van der Waals surface area contributed by atoms with Crippen LogP contribution in [0.25, 0.3) is 0 Å². The highest BCUT2D eigenvalue weighted by Gasteiger charge is 2.51. The van der Waals surface area contributed by atoms with E-state index >= 15 is 0 Å². The number of carbonyl (C=O) groups is 1. The van der Waals surface area contributed by atoms with Crippen LogP contribution in [0.1, 0.15) is 30.5 Å². The third-order valence-corrected chi connectivity index (χ3v) is 5.38. The zero-order valence-corrected chi connectivity index (χ0v) is 14.6. The van der Waals surface area contributed by atoms with Crippen LogP contribution in [-0.2, 0) is 4.74 Å². The van der Waals surface area contributed by atoms with E-state index in [-0.39, 0.29) is 23.1 Å². The third kappa shape index (κ3) is 3.05. The van der Waals surface area contributed by atoms with E-state index in [1.807, 2.05) is 0 Å². The minimum Gasteiger partial charge on any atom is -0.381 e. The molecule has 7 nitrogen and oxygen atoms in total. The second-order valence-corrected chi connectivity index (χ2v) is 7.00. The number of halogens is 1. The zero-order valence-electron chi connectivity index (χ0n) is 14.6. The van der Waals surface area contributed by atoms with Crippen LogP contribution in [0, 0.1) is 18.2 Å². The van der Waals surface area contributed by atoms with Gasteiger partial charge in [0.25, 0.3) is 0 Å². The fourth-order valence-corrected chi connectivity index (χ4v) is 3.96. The first-order valence-corrected chi connectivity index (χ1v) is 8.76.